The van der Waals surface area contributed by atoms with Crippen LogP contribution in [0.3, 0.4) is 0 Å². The lowest BCUT2D eigenvalue weighted by Gasteiger charge is -2.36. The molecule has 1 amide bonds. The molecular formula is C30H31N9O3S. The Labute approximate surface area is 253 Å². The van der Waals surface area contributed by atoms with Crippen LogP contribution in [-0.4, -0.2) is 85.5 Å². The van der Waals surface area contributed by atoms with Crippen molar-refractivity contribution in [2.45, 2.75) is 18.6 Å². The molecule has 4 aromatic rings. The average molecular weight is 598 g/mol. The summed E-state index contributed by atoms with van der Waals surface area (Å²) in [4.78, 5) is 50.8. The normalized spacial score (nSPS) is 16.6. The van der Waals surface area contributed by atoms with Crippen molar-refractivity contribution < 1.29 is 14.3 Å². The van der Waals surface area contributed by atoms with Gasteiger partial charge in [0.1, 0.15) is 22.6 Å². The van der Waals surface area contributed by atoms with Gasteiger partial charge in [-0.25, -0.2) is 19.9 Å². The Balaban J connectivity index is 1.01. The van der Waals surface area contributed by atoms with Crippen molar-refractivity contribution >= 4 is 52.6 Å². The summed E-state index contributed by atoms with van der Waals surface area (Å²) in [6.45, 7) is 5.17. The van der Waals surface area contributed by atoms with Crippen LogP contribution in [0.5, 0.6) is 0 Å². The summed E-state index contributed by atoms with van der Waals surface area (Å²) in [5.41, 5.74) is 3.54. The predicted octanol–water partition coefficient (Wildman–Crippen LogP) is 3.82. The van der Waals surface area contributed by atoms with Crippen molar-refractivity contribution in [3.05, 3.63) is 72.7 Å². The second-order valence-corrected chi connectivity index (χ2v) is 11.3. The number of esters is 1. The summed E-state index contributed by atoms with van der Waals surface area (Å²) in [5.74, 6) is 2.34. The maximum Gasteiger partial charge on any atom is 0.319 e. The number of nitrogens with one attached hydrogen (secondary N) is 2. The molecule has 43 heavy (non-hydrogen) atoms. The van der Waals surface area contributed by atoms with Gasteiger partial charge in [0.2, 0.25) is 11.9 Å². The van der Waals surface area contributed by atoms with Gasteiger partial charge in [-0.1, -0.05) is 6.07 Å². The van der Waals surface area contributed by atoms with Crippen molar-refractivity contribution in [1.82, 2.24) is 29.8 Å². The number of aryl methyl sites for hydroxylation is 1. The number of ether oxygens (including phenoxy) is 1. The third-order valence-electron chi connectivity index (χ3n) is 7.10. The number of piperazine rings is 1. The average Bonchev–Trinajstić information content (AvgIpc) is 3.45. The van der Waals surface area contributed by atoms with Gasteiger partial charge < -0.3 is 25.2 Å². The first-order chi connectivity index (χ1) is 21.0. The SMILES string of the molecule is Cc1cccc(-c2nccc(Nc3ccnc(Nc4ccc(N5CCN(C(=O)CSC6CCOC6=O)CC5)cc4)n3)n2)n1. The van der Waals surface area contributed by atoms with E-state index in [2.05, 4.69) is 40.5 Å². The molecule has 0 bridgehead atoms. The van der Waals surface area contributed by atoms with Crippen molar-refractivity contribution in [2.75, 3.05) is 54.1 Å². The summed E-state index contributed by atoms with van der Waals surface area (Å²) in [6.07, 6.45) is 4.04. The van der Waals surface area contributed by atoms with Crippen LogP contribution in [0.15, 0.2) is 67.0 Å². The quantitative estimate of drug-likeness (QED) is 0.271. The zero-order valence-corrected chi connectivity index (χ0v) is 24.5. The molecule has 2 fully saturated rings. The van der Waals surface area contributed by atoms with Crippen LogP contribution in [0, 0.1) is 6.92 Å². The highest BCUT2D eigenvalue weighted by Gasteiger charge is 2.29. The number of hydrogen-bond acceptors (Lipinski definition) is 12. The van der Waals surface area contributed by atoms with Gasteiger partial charge in [0, 0.05) is 62.1 Å². The molecule has 0 radical (unpaired) electrons. The molecule has 0 spiro atoms. The number of thioether (sulfide) groups is 1. The maximum atomic E-state index is 12.6. The molecule has 2 aliphatic heterocycles. The van der Waals surface area contributed by atoms with Gasteiger partial charge in [-0.3, -0.25) is 9.59 Å². The van der Waals surface area contributed by atoms with Crippen molar-refractivity contribution in [3.63, 3.8) is 0 Å². The van der Waals surface area contributed by atoms with Gasteiger partial charge in [0.25, 0.3) is 0 Å². The van der Waals surface area contributed by atoms with E-state index in [0.29, 0.717) is 61.0 Å². The number of rotatable bonds is 9. The minimum Gasteiger partial charge on any atom is -0.465 e. The first kappa shape index (κ1) is 28.3. The Morgan fingerprint density at radius 1 is 0.930 bits per heavy atom. The predicted molar refractivity (Wildman–Crippen MR) is 166 cm³/mol. The Morgan fingerprint density at radius 2 is 1.70 bits per heavy atom. The Hall–Kier alpha value is -4.78. The van der Waals surface area contributed by atoms with E-state index in [1.54, 1.807) is 24.5 Å². The minimum atomic E-state index is -0.213. The zero-order valence-electron chi connectivity index (χ0n) is 23.6. The van der Waals surface area contributed by atoms with Gasteiger partial charge in [-0.15, -0.1) is 11.8 Å². The molecule has 1 atom stereocenters. The second-order valence-electron chi connectivity index (χ2n) is 10.1. The van der Waals surface area contributed by atoms with E-state index in [9.17, 15) is 9.59 Å². The van der Waals surface area contributed by atoms with E-state index >= 15 is 0 Å². The third kappa shape index (κ3) is 7.17. The second kappa shape index (κ2) is 13.0. The number of carbonyl (C=O) groups is 2. The molecule has 2 aliphatic rings. The van der Waals surface area contributed by atoms with Gasteiger partial charge in [-0.2, -0.15) is 4.98 Å². The third-order valence-corrected chi connectivity index (χ3v) is 8.35. The standard InChI is InChI=1S/C30H31N9O3S/c1-20-3-2-4-23(33-20)28-31-12-9-25(36-28)35-26-10-13-32-30(37-26)34-21-5-7-22(8-6-21)38-14-16-39(17-15-38)27(40)19-43-24-11-18-42-29(24)41/h2-10,12-13,24H,11,14-19H2,1H3,(H2,31,32,34,35,36,37). The van der Waals surface area contributed by atoms with Crippen molar-refractivity contribution in [3.8, 4) is 11.5 Å². The molecule has 13 heteroatoms. The Kier molecular flexibility index (Phi) is 8.59. The highest BCUT2D eigenvalue weighted by Crippen LogP contribution is 2.24. The fourth-order valence-corrected chi connectivity index (χ4v) is 5.82. The molecule has 0 aliphatic carbocycles. The van der Waals surface area contributed by atoms with E-state index in [-0.39, 0.29) is 17.1 Å². The van der Waals surface area contributed by atoms with Crippen LogP contribution in [0.25, 0.3) is 11.5 Å². The highest BCUT2D eigenvalue weighted by atomic mass is 32.2. The number of carbonyl (C=O) groups excluding carboxylic acids is 2. The molecule has 2 N–H and O–H groups in total. The number of amides is 1. The van der Waals surface area contributed by atoms with E-state index in [1.165, 1.54) is 11.8 Å². The highest BCUT2D eigenvalue weighted by molar-refractivity contribution is 8.01. The molecular weight excluding hydrogens is 566 g/mol. The first-order valence-corrected chi connectivity index (χ1v) is 15.1. The lowest BCUT2D eigenvalue weighted by Crippen LogP contribution is -2.49. The van der Waals surface area contributed by atoms with Crippen LogP contribution in [-0.2, 0) is 14.3 Å². The lowest BCUT2D eigenvalue weighted by atomic mass is 10.2. The number of nitrogens with zero attached hydrogens (tertiary/aromatic N) is 7. The molecule has 220 valence electrons. The maximum absolute atomic E-state index is 12.6. The summed E-state index contributed by atoms with van der Waals surface area (Å²) in [6, 6.07) is 17.3. The van der Waals surface area contributed by atoms with Gasteiger partial charge >= 0.3 is 5.97 Å². The zero-order chi connectivity index (χ0) is 29.6. The van der Waals surface area contributed by atoms with Gasteiger partial charge in [0.15, 0.2) is 5.82 Å². The Bertz CT molecular complexity index is 1600. The molecule has 2 saturated heterocycles. The molecule has 6 rings (SSSR count). The molecule has 12 nitrogen and oxygen atoms in total. The van der Waals surface area contributed by atoms with Crippen LogP contribution < -0.4 is 15.5 Å². The summed E-state index contributed by atoms with van der Waals surface area (Å²) in [7, 11) is 0. The number of benzene rings is 1. The molecule has 3 aromatic heterocycles. The molecule has 5 heterocycles. The minimum absolute atomic E-state index is 0.0732. The monoisotopic (exact) mass is 597 g/mol. The summed E-state index contributed by atoms with van der Waals surface area (Å²) < 4.78 is 4.98. The smallest absolute Gasteiger partial charge is 0.319 e. The molecule has 1 unspecified atom stereocenters. The number of hydrogen-bond donors (Lipinski definition) is 2. The largest absolute Gasteiger partial charge is 0.465 e. The molecule has 1 aromatic carbocycles. The fourth-order valence-electron chi connectivity index (χ4n) is 4.83. The van der Waals surface area contributed by atoms with Crippen LogP contribution in [0.4, 0.5) is 29.0 Å². The number of aromatic nitrogens is 5. The van der Waals surface area contributed by atoms with Crippen molar-refractivity contribution in [2.24, 2.45) is 0 Å². The number of cyclic esters (lactones) is 1. The topological polar surface area (TPSA) is 138 Å². The van der Waals surface area contributed by atoms with Crippen LogP contribution in [0.1, 0.15) is 12.1 Å². The summed E-state index contributed by atoms with van der Waals surface area (Å²) >= 11 is 1.39. The Morgan fingerprint density at radius 3 is 2.44 bits per heavy atom. The molecule has 0 saturated carbocycles. The van der Waals surface area contributed by atoms with Crippen molar-refractivity contribution in [1.29, 1.82) is 0 Å². The van der Waals surface area contributed by atoms with Gasteiger partial charge in [0.05, 0.1) is 12.4 Å². The number of pyridine rings is 1. The summed E-state index contributed by atoms with van der Waals surface area (Å²) in [5, 5.41) is 6.26. The van der Waals surface area contributed by atoms with E-state index in [0.717, 1.165) is 30.2 Å². The fraction of sp³-hybridized carbons (Fsp3) is 0.300. The van der Waals surface area contributed by atoms with E-state index in [4.69, 9.17) is 4.74 Å². The van der Waals surface area contributed by atoms with Crippen LogP contribution in [0.2, 0.25) is 0 Å². The lowest BCUT2D eigenvalue weighted by molar-refractivity contribution is -0.137. The first-order valence-electron chi connectivity index (χ1n) is 14.1. The van der Waals surface area contributed by atoms with E-state index in [1.807, 2.05) is 54.3 Å². The number of anilines is 5. The van der Waals surface area contributed by atoms with E-state index < -0.39 is 0 Å². The van der Waals surface area contributed by atoms with Gasteiger partial charge in [-0.05, 0) is 55.5 Å². The van der Waals surface area contributed by atoms with Crippen LogP contribution >= 0.6 is 11.8 Å².